The topological polar surface area (TPSA) is 81.4 Å². The van der Waals surface area contributed by atoms with Gasteiger partial charge in [-0.05, 0) is 36.0 Å². The lowest BCUT2D eigenvalue weighted by atomic mass is 9.89. The summed E-state index contributed by atoms with van der Waals surface area (Å²) in [7, 11) is -2.10. The van der Waals surface area contributed by atoms with Gasteiger partial charge in [0.1, 0.15) is 10.6 Å². The Balaban J connectivity index is 2.19. The highest BCUT2D eigenvalue weighted by atomic mass is 32.2. The number of methoxy groups -OCH3 is 1. The molecule has 5 nitrogen and oxygen atoms in total. The molecular weight excluding hydrogens is 288 g/mol. The Labute approximate surface area is 126 Å². The number of sulfonamides is 1. The van der Waals surface area contributed by atoms with E-state index in [0.29, 0.717) is 18.8 Å². The second-order valence-electron chi connectivity index (χ2n) is 6.03. The van der Waals surface area contributed by atoms with Crippen LogP contribution in [0.1, 0.15) is 38.2 Å². The summed E-state index contributed by atoms with van der Waals surface area (Å²) < 4.78 is 32.9. The maximum atomic E-state index is 12.5. The highest BCUT2D eigenvalue weighted by Gasteiger charge is 2.31. The fourth-order valence-electron chi connectivity index (χ4n) is 2.81. The predicted molar refractivity (Wildman–Crippen MR) is 82.6 cm³/mol. The number of ether oxygens (including phenoxy) is 1. The maximum Gasteiger partial charge on any atom is 0.244 e. The Kier molecular flexibility index (Phi) is 4.91. The molecule has 0 amide bonds. The van der Waals surface area contributed by atoms with Crippen LogP contribution in [0, 0.1) is 5.41 Å². The van der Waals surface area contributed by atoms with Gasteiger partial charge in [-0.15, -0.1) is 0 Å². The fraction of sp³-hybridized carbons (Fsp3) is 0.600. The van der Waals surface area contributed by atoms with Gasteiger partial charge in [-0.3, -0.25) is 0 Å². The highest BCUT2D eigenvalue weighted by molar-refractivity contribution is 7.89. The van der Waals surface area contributed by atoms with E-state index in [2.05, 4.69) is 11.6 Å². The molecule has 1 aliphatic rings. The summed E-state index contributed by atoms with van der Waals surface area (Å²) in [5.74, 6) is 0.335. The molecule has 0 bridgehead atoms. The van der Waals surface area contributed by atoms with Crippen molar-refractivity contribution in [2.75, 3.05) is 13.7 Å². The van der Waals surface area contributed by atoms with Gasteiger partial charge in [0.25, 0.3) is 0 Å². The summed E-state index contributed by atoms with van der Waals surface area (Å²) in [5, 5.41) is 0. The Morgan fingerprint density at radius 3 is 2.57 bits per heavy atom. The summed E-state index contributed by atoms with van der Waals surface area (Å²) in [4.78, 5) is 0.170. The summed E-state index contributed by atoms with van der Waals surface area (Å²) in [5.41, 5.74) is 6.48. The number of hydrogen-bond acceptors (Lipinski definition) is 4. The van der Waals surface area contributed by atoms with Crippen molar-refractivity contribution in [2.24, 2.45) is 11.1 Å². The van der Waals surface area contributed by atoms with Crippen molar-refractivity contribution in [2.45, 2.75) is 44.0 Å². The van der Waals surface area contributed by atoms with Crippen molar-refractivity contribution in [3.05, 3.63) is 23.8 Å². The van der Waals surface area contributed by atoms with Crippen molar-refractivity contribution < 1.29 is 13.2 Å². The maximum absolute atomic E-state index is 12.5. The molecule has 0 aliphatic heterocycles. The lowest BCUT2D eigenvalue weighted by Gasteiger charge is -2.24. The molecule has 2 rings (SSSR count). The SMILES string of the molecule is COc1cc(CN)ccc1S(=O)(=O)NCC1(C)CCCC1. The van der Waals surface area contributed by atoms with Crippen LogP contribution < -0.4 is 15.2 Å². The van der Waals surface area contributed by atoms with Crippen molar-refractivity contribution in [1.29, 1.82) is 0 Å². The second-order valence-corrected chi connectivity index (χ2v) is 7.77. The molecule has 3 N–H and O–H groups in total. The molecule has 0 radical (unpaired) electrons. The van der Waals surface area contributed by atoms with Crippen LogP contribution in [-0.2, 0) is 16.6 Å². The van der Waals surface area contributed by atoms with E-state index in [9.17, 15) is 8.42 Å². The molecule has 6 heteroatoms. The van der Waals surface area contributed by atoms with E-state index in [-0.39, 0.29) is 10.3 Å². The minimum atomic E-state index is -3.57. The normalized spacial score (nSPS) is 17.9. The Morgan fingerprint density at radius 1 is 1.33 bits per heavy atom. The summed E-state index contributed by atoms with van der Waals surface area (Å²) in [6.45, 7) is 2.95. The molecule has 0 unspecified atom stereocenters. The van der Waals surface area contributed by atoms with Crippen LogP contribution in [0.3, 0.4) is 0 Å². The number of nitrogens with one attached hydrogen (secondary N) is 1. The standard InChI is InChI=1S/C15H24N2O3S/c1-15(7-3-4-8-15)11-17-21(18,19)14-6-5-12(10-16)9-13(14)20-2/h5-6,9,17H,3-4,7-8,10-11,16H2,1-2H3. The lowest BCUT2D eigenvalue weighted by Crippen LogP contribution is -2.34. The minimum Gasteiger partial charge on any atom is -0.495 e. The van der Waals surface area contributed by atoms with E-state index >= 15 is 0 Å². The third kappa shape index (κ3) is 3.75. The van der Waals surface area contributed by atoms with Crippen LogP contribution in [0.2, 0.25) is 0 Å². The van der Waals surface area contributed by atoms with Gasteiger partial charge < -0.3 is 10.5 Å². The smallest absolute Gasteiger partial charge is 0.244 e. The zero-order valence-electron chi connectivity index (χ0n) is 12.7. The van der Waals surface area contributed by atoms with Gasteiger partial charge in [0.2, 0.25) is 10.0 Å². The zero-order valence-corrected chi connectivity index (χ0v) is 13.5. The van der Waals surface area contributed by atoms with Gasteiger partial charge in [-0.1, -0.05) is 25.8 Å². The van der Waals surface area contributed by atoms with Crippen LogP contribution in [0.5, 0.6) is 5.75 Å². The molecule has 0 saturated heterocycles. The first kappa shape index (κ1) is 16.3. The average Bonchev–Trinajstić information content (AvgIpc) is 2.92. The summed E-state index contributed by atoms with van der Waals surface area (Å²) in [6, 6.07) is 4.94. The predicted octanol–water partition coefficient (Wildman–Crippen LogP) is 2.01. The first-order valence-electron chi connectivity index (χ1n) is 7.27. The van der Waals surface area contributed by atoms with Crippen LogP contribution in [-0.4, -0.2) is 22.1 Å². The third-order valence-electron chi connectivity index (χ3n) is 4.25. The minimum absolute atomic E-state index is 0.0670. The van der Waals surface area contributed by atoms with Gasteiger partial charge in [0, 0.05) is 13.1 Å². The van der Waals surface area contributed by atoms with E-state index < -0.39 is 10.0 Å². The van der Waals surface area contributed by atoms with Gasteiger partial charge >= 0.3 is 0 Å². The molecule has 21 heavy (non-hydrogen) atoms. The molecule has 0 heterocycles. The van der Waals surface area contributed by atoms with E-state index in [1.807, 2.05) is 0 Å². The second kappa shape index (κ2) is 6.34. The van der Waals surface area contributed by atoms with Crippen LogP contribution in [0.15, 0.2) is 23.1 Å². The van der Waals surface area contributed by atoms with Gasteiger partial charge in [0.05, 0.1) is 7.11 Å². The number of hydrogen-bond donors (Lipinski definition) is 2. The molecule has 0 spiro atoms. The zero-order chi connectivity index (χ0) is 15.5. The third-order valence-corrected chi connectivity index (χ3v) is 5.69. The molecule has 118 valence electrons. The molecule has 1 aromatic carbocycles. The molecule has 1 fully saturated rings. The number of rotatable bonds is 6. The Hall–Kier alpha value is -1.11. The number of benzene rings is 1. The number of nitrogens with two attached hydrogens (primary N) is 1. The highest BCUT2D eigenvalue weighted by Crippen LogP contribution is 2.37. The quantitative estimate of drug-likeness (QED) is 0.842. The summed E-state index contributed by atoms with van der Waals surface area (Å²) >= 11 is 0. The van der Waals surface area contributed by atoms with Crippen LogP contribution >= 0.6 is 0 Å². The molecule has 0 aromatic heterocycles. The van der Waals surface area contributed by atoms with Crippen molar-refractivity contribution in [3.63, 3.8) is 0 Å². The van der Waals surface area contributed by atoms with Crippen LogP contribution in [0.25, 0.3) is 0 Å². The molecule has 1 aliphatic carbocycles. The van der Waals surface area contributed by atoms with E-state index in [0.717, 1.165) is 18.4 Å². The molecule has 0 atom stereocenters. The van der Waals surface area contributed by atoms with E-state index in [1.165, 1.54) is 20.0 Å². The van der Waals surface area contributed by atoms with Gasteiger partial charge in [-0.2, -0.15) is 0 Å². The van der Waals surface area contributed by atoms with E-state index in [1.54, 1.807) is 18.2 Å². The van der Waals surface area contributed by atoms with Crippen molar-refractivity contribution in [1.82, 2.24) is 4.72 Å². The first-order valence-corrected chi connectivity index (χ1v) is 8.75. The van der Waals surface area contributed by atoms with Crippen molar-refractivity contribution >= 4 is 10.0 Å². The average molecular weight is 312 g/mol. The molecule has 1 aromatic rings. The van der Waals surface area contributed by atoms with Crippen molar-refractivity contribution in [3.8, 4) is 5.75 Å². The Bertz CT molecular complexity index is 593. The lowest BCUT2D eigenvalue weighted by molar-refractivity contribution is 0.335. The van der Waals surface area contributed by atoms with Crippen LogP contribution in [0.4, 0.5) is 0 Å². The van der Waals surface area contributed by atoms with Gasteiger partial charge in [-0.25, -0.2) is 13.1 Å². The largest absolute Gasteiger partial charge is 0.495 e. The fourth-order valence-corrected chi connectivity index (χ4v) is 4.16. The summed E-state index contributed by atoms with van der Waals surface area (Å²) in [6.07, 6.45) is 4.48. The molecular formula is C15H24N2O3S. The monoisotopic (exact) mass is 312 g/mol. The van der Waals surface area contributed by atoms with Gasteiger partial charge in [0.15, 0.2) is 0 Å². The Morgan fingerprint density at radius 2 is 2.00 bits per heavy atom. The first-order chi connectivity index (χ1) is 9.90. The molecule has 1 saturated carbocycles. The van der Waals surface area contributed by atoms with E-state index in [4.69, 9.17) is 10.5 Å².